The van der Waals surface area contributed by atoms with Gasteiger partial charge in [0.05, 0.1) is 11.7 Å². The van der Waals surface area contributed by atoms with Gasteiger partial charge in [0.15, 0.2) is 0 Å². The number of hydrogen-bond acceptors (Lipinski definition) is 3. The van der Waals surface area contributed by atoms with Crippen LogP contribution in [-0.4, -0.2) is 26.4 Å². The number of aromatic nitrogens is 2. The van der Waals surface area contributed by atoms with E-state index in [9.17, 15) is 9.59 Å². The van der Waals surface area contributed by atoms with E-state index < -0.39 is 0 Å². The fraction of sp³-hybridized carbons (Fsp3) is 0.259. The standard InChI is InChI=1S/C27H25N3O3.ClH/c1-17(31)30-20-8-10-25(30)27-22-9-7-19(13-23(22)28-24(27)14-20)29-12-11-21(15-26(29)32)33-16-18-5-3-2-4-6-18;/h2-7,9,11-13,15,20,25,28H,8,10,14,16H2,1H3;1H. The fourth-order valence-electron chi connectivity index (χ4n) is 5.54. The number of halogens is 1. The summed E-state index contributed by atoms with van der Waals surface area (Å²) in [5, 5.41) is 1.14. The Balaban J connectivity index is 0.00000241. The number of pyridine rings is 1. The molecule has 6 rings (SSSR count). The normalized spacial score (nSPS) is 18.4. The van der Waals surface area contributed by atoms with Crippen LogP contribution >= 0.6 is 12.4 Å². The number of nitrogens with one attached hydrogen (secondary N) is 1. The minimum absolute atomic E-state index is 0. The SMILES string of the molecule is CC(=O)N1C2CCC1c1c([nH]c3cc(-n4ccc(OCc5ccccc5)cc4=O)ccc13)C2.Cl. The predicted octanol–water partition coefficient (Wildman–Crippen LogP) is 4.93. The first kappa shape index (κ1) is 22.3. The Kier molecular flexibility index (Phi) is 5.70. The van der Waals surface area contributed by atoms with Gasteiger partial charge in [-0.15, -0.1) is 12.4 Å². The molecule has 174 valence electrons. The van der Waals surface area contributed by atoms with Crippen molar-refractivity contribution < 1.29 is 9.53 Å². The lowest BCUT2D eigenvalue weighted by molar-refractivity contribution is -0.132. The van der Waals surface area contributed by atoms with Crippen LogP contribution in [0, 0.1) is 0 Å². The van der Waals surface area contributed by atoms with Crippen LogP contribution in [0.3, 0.4) is 0 Å². The van der Waals surface area contributed by atoms with E-state index >= 15 is 0 Å². The third kappa shape index (κ3) is 3.68. The van der Waals surface area contributed by atoms with Gasteiger partial charge in [-0.05, 0) is 36.6 Å². The Morgan fingerprint density at radius 2 is 1.91 bits per heavy atom. The zero-order chi connectivity index (χ0) is 22.5. The van der Waals surface area contributed by atoms with E-state index in [1.165, 1.54) is 17.3 Å². The highest BCUT2D eigenvalue weighted by Crippen LogP contribution is 2.46. The number of nitrogens with zero attached hydrogens (tertiary/aromatic N) is 2. The van der Waals surface area contributed by atoms with Crippen molar-refractivity contribution in [1.29, 1.82) is 0 Å². The number of carbonyl (C=O) groups is 1. The summed E-state index contributed by atoms with van der Waals surface area (Å²) in [7, 11) is 0. The summed E-state index contributed by atoms with van der Waals surface area (Å²) in [6, 6.07) is 19.7. The molecule has 1 fully saturated rings. The lowest BCUT2D eigenvalue weighted by Gasteiger charge is -2.34. The maximum absolute atomic E-state index is 12.8. The number of rotatable bonds is 4. The molecular weight excluding hydrogens is 450 g/mol. The minimum Gasteiger partial charge on any atom is -0.489 e. The van der Waals surface area contributed by atoms with Gasteiger partial charge in [0, 0.05) is 53.8 Å². The Hall–Kier alpha value is -3.51. The van der Waals surface area contributed by atoms with E-state index in [4.69, 9.17) is 4.74 Å². The second-order valence-corrected chi connectivity index (χ2v) is 8.97. The zero-order valence-corrected chi connectivity index (χ0v) is 19.7. The predicted molar refractivity (Wildman–Crippen MR) is 134 cm³/mol. The molecule has 6 nitrogen and oxygen atoms in total. The van der Waals surface area contributed by atoms with Crippen molar-refractivity contribution in [3.05, 3.63) is 94.0 Å². The van der Waals surface area contributed by atoms with Crippen LogP contribution in [-0.2, 0) is 17.8 Å². The Bertz CT molecular complexity index is 1430. The summed E-state index contributed by atoms with van der Waals surface area (Å²) in [4.78, 5) is 30.7. The second-order valence-electron chi connectivity index (χ2n) is 8.97. The molecule has 4 heterocycles. The Labute approximate surface area is 203 Å². The van der Waals surface area contributed by atoms with Gasteiger partial charge < -0.3 is 14.6 Å². The molecule has 2 aliphatic rings. The van der Waals surface area contributed by atoms with Crippen LogP contribution in [0.2, 0.25) is 0 Å². The van der Waals surface area contributed by atoms with Crippen molar-refractivity contribution in [2.45, 2.75) is 44.9 Å². The number of fused-ring (bicyclic) bond motifs is 6. The topological polar surface area (TPSA) is 67.3 Å². The second kappa shape index (κ2) is 8.69. The van der Waals surface area contributed by atoms with Crippen molar-refractivity contribution in [1.82, 2.24) is 14.5 Å². The van der Waals surface area contributed by atoms with E-state index in [2.05, 4.69) is 16.0 Å². The van der Waals surface area contributed by atoms with Crippen molar-refractivity contribution >= 4 is 29.2 Å². The van der Waals surface area contributed by atoms with Crippen LogP contribution in [0.4, 0.5) is 0 Å². The number of benzene rings is 2. The number of carbonyl (C=O) groups excluding carboxylic acids is 1. The first-order valence-electron chi connectivity index (χ1n) is 11.4. The molecule has 2 atom stereocenters. The van der Waals surface area contributed by atoms with Gasteiger partial charge in [-0.3, -0.25) is 14.2 Å². The highest BCUT2D eigenvalue weighted by Gasteiger charge is 2.42. The lowest BCUT2D eigenvalue weighted by Crippen LogP contribution is -2.40. The van der Waals surface area contributed by atoms with Crippen molar-refractivity contribution in [2.75, 3.05) is 0 Å². The largest absolute Gasteiger partial charge is 0.489 e. The van der Waals surface area contributed by atoms with Crippen LogP contribution in [0.15, 0.2) is 71.7 Å². The molecule has 34 heavy (non-hydrogen) atoms. The summed E-state index contributed by atoms with van der Waals surface area (Å²) < 4.78 is 7.42. The summed E-state index contributed by atoms with van der Waals surface area (Å²) >= 11 is 0. The number of hydrogen-bond donors (Lipinski definition) is 1. The maximum Gasteiger partial charge on any atom is 0.258 e. The molecule has 2 aromatic carbocycles. The van der Waals surface area contributed by atoms with Crippen molar-refractivity contribution in [3.63, 3.8) is 0 Å². The molecular formula is C27H26ClN3O3. The van der Waals surface area contributed by atoms with Gasteiger partial charge in [-0.2, -0.15) is 0 Å². The number of amides is 1. The van der Waals surface area contributed by atoms with Crippen LogP contribution in [0.5, 0.6) is 5.75 Å². The number of H-pyrrole nitrogens is 1. The van der Waals surface area contributed by atoms with E-state index in [0.717, 1.165) is 41.4 Å². The van der Waals surface area contributed by atoms with Gasteiger partial charge >= 0.3 is 0 Å². The lowest BCUT2D eigenvalue weighted by atomic mass is 9.97. The van der Waals surface area contributed by atoms with E-state index in [-0.39, 0.29) is 29.9 Å². The monoisotopic (exact) mass is 475 g/mol. The molecule has 0 radical (unpaired) electrons. The van der Waals surface area contributed by atoms with Crippen molar-refractivity contribution in [3.8, 4) is 11.4 Å². The highest BCUT2D eigenvalue weighted by atomic mass is 35.5. The van der Waals surface area contributed by atoms with Gasteiger partial charge in [0.2, 0.25) is 5.91 Å². The van der Waals surface area contributed by atoms with Gasteiger partial charge in [0.25, 0.3) is 5.56 Å². The summed E-state index contributed by atoms with van der Waals surface area (Å²) in [5.41, 5.74) is 5.19. The molecule has 1 saturated heterocycles. The highest BCUT2D eigenvalue weighted by molar-refractivity contribution is 5.88. The molecule has 0 spiro atoms. The van der Waals surface area contributed by atoms with Gasteiger partial charge in [-0.1, -0.05) is 36.4 Å². The maximum atomic E-state index is 12.8. The summed E-state index contributed by atoms with van der Waals surface area (Å²) in [6.45, 7) is 2.09. The Morgan fingerprint density at radius 3 is 2.68 bits per heavy atom. The molecule has 2 aromatic heterocycles. The Morgan fingerprint density at radius 1 is 1.09 bits per heavy atom. The summed E-state index contributed by atoms with van der Waals surface area (Å²) in [6.07, 6.45) is 4.69. The molecule has 1 amide bonds. The van der Waals surface area contributed by atoms with E-state index in [1.54, 1.807) is 17.7 Å². The van der Waals surface area contributed by atoms with E-state index in [1.807, 2.05) is 48.5 Å². The molecule has 4 aromatic rings. The van der Waals surface area contributed by atoms with Gasteiger partial charge in [0.1, 0.15) is 12.4 Å². The third-order valence-electron chi connectivity index (χ3n) is 6.96. The van der Waals surface area contributed by atoms with Crippen LogP contribution < -0.4 is 10.3 Å². The first-order valence-corrected chi connectivity index (χ1v) is 11.4. The molecule has 0 aliphatic carbocycles. The number of ether oxygens (including phenoxy) is 1. The smallest absolute Gasteiger partial charge is 0.258 e. The average Bonchev–Trinajstić information content (AvgIpc) is 3.35. The van der Waals surface area contributed by atoms with E-state index in [0.29, 0.717) is 18.4 Å². The minimum atomic E-state index is -0.141. The third-order valence-corrected chi connectivity index (χ3v) is 6.96. The van der Waals surface area contributed by atoms with Crippen LogP contribution in [0.1, 0.15) is 42.6 Å². The molecule has 2 bridgehead atoms. The first-order chi connectivity index (χ1) is 16.1. The average molecular weight is 476 g/mol. The molecule has 2 unspecified atom stereocenters. The molecule has 7 heteroatoms. The molecule has 0 saturated carbocycles. The fourth-order valence-corrected chi connectivity index (χ4v) is 5.54. The molecule has 1 N–H and O–H groups in total. The molecule has 2 aliphatic heterocycles. The van der Waals surface area contributed by atoms with Gasteiger partial charge in [-0.25, -0.2) is 0 Å². The zero-order valence-electron chi connectivity index (χ0n) is 18.9. The summed E-state index contributed by atoms with van der Waals surface area (Å²) in [5.74, 6) is 0.706. The quantitative estimate of drug-likeness (QED) is 0.455. The van der Waals surface area contributed by atoms with Crippen molar-refractivity contribution in [2.24, 2.45) is 0 Å². The van der Waals surface area contributed by atoms with Crippen LogP contribution in [0.25, 0.3) is 16.6 Å². The number of aromatic amines is 1.